The monoisotopic (exact) mass is 315 g/mol. The first-order valence-corrected chi connectivity index (χ1v) is 7.99. The van der Waals surface area contributed by atoms with Crippen LogP contribution in [-0.4, -0.2) is 44.4 Å². The van der Waals surface area contributed by atoms with E-state index in [0.29, 0.717) is 18.7 Å². The lowest BCUT2D eigenvalue weighted by Gasteiger charge is -2.32. The molecule has 1 fully saturated rings. The van der Waals surface area contributed by atoms with Gasteiger partial charge in [-0.3, -0.25) is 9.59 Å². The molecule has 6 heteroatoms. The van der Waals surface area contributed by atoms with E-state index in [9.17, 15) is 9.59 Å². The standard InChI is InChI=1S/C17H21N3O3/c1-12-6-8-19-11-14(18-15(19)9-12)17(23)20-7-2-3-13(10-20)4-5-16(21)22/h6,8-9,11,13H,2-5,7,10H2,1H3,(H,21,22). The number of nitrogens with zero attached hydrogens (tertiary/aromatic N) is 3. The summed E-state index contributed by atoms with van der Waals surface area (Å²) in [6.07, 6.45) is 6.37. The van der Waals surface area contributed by atoms with E-state index in [0.717, 1.165) is 30.6 Å². The number of rotatable bonds is 4. The molecule has 1 unspecified atom stereocenters. The number of pyridine rings is 1. The van der Waals surface area contributed by atoms with Gasteiger partial charge < -0.3 is 14.4 Å². The molecule has 1 saturated heterocycles. The second kappa shape index (κ2) is 6.40. The number of carboxylic acid groups (broad SMARTS) is 1. The number of imidazole rings is 1. The molecule has 1 aliphatic rings. The molecule has 1 atom stereocenters. The number of fused-ring (bicyclic) bond motifs is 1. The van der Waals surface area contributed by atoms with Crippen LogP contribution in [-0.2, 0) is 4.79 Å². The maximum atomic E-state index is 12.7. The first-order chi connectivity index (χ1) is 11.0. The predicted octanol–water partition coefficient (Wildman–Crippen LogP) is 2.36. The van der Waals surface area contributed by atoms with Gasteiger partial charge in [-0.05, 0) is 49.8 Å². The summed E-state index contributed by atoms with van der Waals surface area (Å²) >= 11 is 0. The van der Waals surface area contributed by atoms with Crippen LogP contribution in [0.4, 0.5) is 0 Å². The molecular formula is C17H21N3O3. The molecule has 0 bridgehead atoms. The molecule has 1 aliphatic heterocycles. The van der Waals surface area contributed by atoms with E-state index < -0.39 is 5.97 Å². The summed E-state index contributed by atoms with van der Waals surface area (Å²) in [4.78, 5) is 29.6. The third-order valence-corrected chi connectivity index (χ3v) is 4.41. The van der Waals surface area contributed by atoms with Crippen LogP contribution in [0.2, 0.25) is 0 Å². The van der Waals surface area contributed by atoms with Gasteiger partial charge in [-0.15, -0.1) is 0 Å². The van der Waals surface area contributed by atoms with Gasteiger partial charge in [-0.1, -0.05) is 0 Å². The van der Waals surface area contributed by atoms with Crippen LogP contribution < -0.4 is 0 Å². The number of aromatic nitrogens is 2. The van der Waals surface area contributed by atoms with Crippen LogP contribution in [0.5, 0.6) is 0 Å². The third kappa shape index (κ3) is 3.52. The van der Waals surface area contributed by atoms with E-state index in [-0.39, 0.29) is 18.2 Å². The van der Waals surface area contributed by atoms with Crippen LogP contribution in [0.3, 0.4) is 0 Å². The maximum Gasteiger partial charge on any atom is 0.303 e. The van der Waals surface area contributed by atoms with Crippen LogP contribution in [0, 0.1) is 12.8 Å². The average Bonchev–Trinajstić information content (AvgIpc) is 2.95. The normalized spacial score (nSPS) is 18.3. The second-order valence-corrected chi connectivity index (χ2v) is 6.29. The molecular weight excluding hydrogens is 294 g/mol. The van der Waals surface area contributed by atoms with Crippen molar-refractivity contribution in [3.8, 4) is 0 Å². The number of aryl methyl sites for hydroxylation is 1. The Morgan fingerprint density at radius 1 is 1.43 bits per heavy atom. The third-order valence-electron chi connectivity index (χ3n) is 4.41. The summed E-state index contributed by atoms with van der Waals surface area (Å²) in [6, 6.07) is 3.93. The van der Waals surface area contributed by atoms with Crippen LogP contribution in [0.25, 0.3) is 5.65 Å². The Hall–Kier alpha value is -2.37. The molecule has 2 aromatic rings. The van der Waals surface area contributed by atoms with Gasteiger partial charge in [0.2, 0.25) is 0 Å². The largest absolute Gasteiger partial charge is 0.481 e. The number of hydrogen-bond donors (Lipinski definition) is 1. The number of carbonyl (C=O) groups excluding carboxylic acids is 1. The van der Waals surface area contributed by atoms with Gasteiger partial charge in [0.1, 0.15) is 11.3 Å². The van der Waals surface area contributed by atoms with Gasteiger partial charge >= 0.3 is 5.97 Å². The summed E-state index contributed by atoms with van der Waals surface area (Å²) in [6.45, 7) is 3.34. The van der Waals surface area contributed by atoms with Crippen molar-refractivity contribution < 1.29 is 14.7 Å². The quantitative estimate of drug-likeness (QED) is 0.940. The van der Waals surface area contributed by atoms with Crippen molar-refractivity contribution in [2.24, 2.45) is 5.92 Å². The Kier molecular flexibility index (Phi) is 4.32. The van der Waals surface area contributed by atoms with Gasteiger partial charge in [0, 0.05) is 31.9 Å². The molecule has 6 nitrogen and oxygen atoms in total. The van der Waals surface area contributed by atoms with Gasteiger partial charge in [0.15, 0.2) is 0 Å². The Balaban J connectivity index is 1.71. The number of amides is 1. The van der Waals surface area contributed by atoms with Crippen molar-refractivity contribution in [2.45, 2.75) is 32.6 Å². The van der Waals surface area contributed by atoms with Crippen LogP contribution >= 0.6 is 0 Å². The zero-order valence-electron chi connectivity index (χ0n) is 13.2. The molecule has 122 valence electrons. The van der Waals surface area contributed by atoms with E-state index in [4.69, 9.17) is 5.11 Å². The van der Waals surface area contributed by atoms with Crippen molar-refractivity contribution in [3.63, 3.8) is 0 Å². The van der Waals surface area contributed by atoms with Gasteiger partial charge in [-0.2, -0.15) is 0 Å². The maximum absolute atomic E-state index is 12.7. The Morgan fingerprint density at radius 3 is 3.04 bits per heavy atom. The van der Waals surface area contributed by atoms with E-state index in [1.54, 1.807) is 6.20 Å². The fourth-order valence-electron chi connectivity index (χ4n) is 3.16. The Bertz CT molecular complexity index is 738. The lowest BCUT2D eigenvalue weighted by Crippen LogP contribution is -2.40. The molecule has 0 aliphatic carbocycles. The second-order valence-electron chi connectivity index (χ2n) is 6.29. The molecule has 3 rings (SSSR count). The van der Waals surface area contributed by atoms with Crippen LogP contribution in [0.1, 0.15) is 41.7 Å². The summed E-state index contributed by atoms with van der Waals surface area (Å²) in [7, 11) is 0. The van der Waals surface area contributed by atoms with E-state index in [1.165, 1.54) is 0 Å². The first-order valence-electron chi connectivity index (χ1n) is 7.99. The minimum Gasteiger partial charge on any atom is -0.481 e. The minimum atomic E-state index is -0.774. The highest BCUT2D eigenvalue weighted by atomic mass is 16.4. The predicted molar refractivity (Wildman–Crippen MR) is 85.4 cm³/mol. The highest BCUT2D eigenvalue weighted by Crippen LogP contribution is 2.22. The zero-order valence-corrected chi connectivity index (χ0v) is 13.2. The number of hydrogen-bond acceptors (Lipinski definition) is 3. The zero-order chi connectivity index (χ0) is 16.4. The minimum absolute atomic E-state index is 0.0635. The van der Waals surface area contributed by atoms with Crippen molar-refractivity contribution in [1.29, 1.82) is 0 Å². The highest BCUT2D eigenvalue weighted by molar-refractivity contribution is 5.93. The van der Waals surface area contributed by atoms with Crippen molar-refractivity contribution in [3.05, 3.63) is 35.8 Å². The molecule has 2 aromatic heterocycles. The number of carboxylic acids is 1. The number of carbonyl (C=O) groups is 2. The molecule has 0 spiro atoms. The SMILES string of the molecule is Cc1ccn2cc(C(=O)N3CCCC(CCC(=O)O)C3)nc2c1. The summed E-state index contributed by atoms with van der Waals surface area (Å²) in [5.41, 5.74) is 2.33. The van der Waals surface area contributed by atoms with E-state index >= 15 is 0 Å². The van der Waals surface area contributed by atoms with Crippen molar-refractivity contribution in [1.82, 2.24) is 14.3 Å². The van der Waals surface area contributed by atoms with E-state index in [1.807, 2.05) is 34.6 Å². The Morgan fingerprint density at radius 2 is 2.26 bits per heavy atom. The smallest absolute Gasteiger partial charge is 0.303 e. The Labute approximate surface area is 134 Å². The molecule has 1 N–H and O–H groups in total. The van der Waals surface area contributed by atoms with Crippen molar-refractivity contribution in [2.75, 3.05) is 13.1 Å². The van der Waals surface area contributed by atoms with Crippen molar-refractivity contribution >= 4 is 17.5 Å². The molecule has 0 radical (unpaired) electrons. The lowest BCUT2D eigenvalue weighted by molar-refractivity contribution is -0.137. The van der Waals surface area contributed by atoms with Gasteiger partial charge in [0.25, 0.3) is 5.91 Å². The summed E-state index contributed by atoms with van der Waals surface area (Å²) in [5.74, 6) is -0.571. The molecule has 1 amide bonds. The topological polar surface area (TPSA) is 74.9 Å². The molecule has 0 saturated carbocycles. The average molecular weight is 315 g/mol. The summed E-state index contributed by atoms with van der Waals surface area (Å²) in [5, 5.41) is 8.81. The number of likely N-dealkylation sites (tertiary alicyclic amines) is 1. The van der Waals surface area contributed by atoms with Crippen LogP contribution in [0.15, 0.2) is 24.5 Å². The fraction of sp³-hybridized carbons (Fsp3) is 0.471. The van der Waals surface area contributed by atoms with E-state index in [2.05, 4.69) is 4.98 Å². The molecule has 0 aromatic carbocycles. The lowest BCUT2D eigenvalue weighted by atomic mass is 9.93. The van der Waals surface area contributed by atoms with Gasteiger partial charge in [-0.25, -0.2) is 4.98 Å². The first kappa shape index (κ1) is 15.5. The summed E-state index contributed by atoms with van der Waals surface area (Å²) < 4.78 is 1.85. The number of aliphatic carboxylic acids is 1. The molecule has 23 heavy (non-hydrogen) atoms. The molecule has 3 heterocycles. The fourth-order valence-corrected chi connectivity index (χ4v) is 3.16. The van der Waals surface area contributed by atoms with Gasteiger partial charge in [0.05, 0.1) is 0 Å². The highest BCUT2D eigenvalue weighted by Gasteiger charge is 2.26. The number of piperidine rings is 1.